The first kappa shape index (κ1) is 15.2. The average Bonchev–Trinajstić information content (AvgIpc) is 2.53. The lowest BCUT2D eigenvalue weighted by atomic mass is 9.73. The molecule has 0 saturated heterocycles. The second-order valence-electron chi connectivity index (χ2n) is 6.04. The summed E-state index contributed by atoms with van der Waals surface area (Å²) >= 11 is 0. The van der Waals surface area contributed by atoms with E-state index in [1.807, 2.05) is 12.1 Å². The van der Waals surface area contributed by atoms with Gasteiger partial charge in [-0.05, 0) is 36.0 Å². The van der Waals surface area contributed by atoms with Crippen molar-refractivity contribution in [2.45, 2.75) is 44.1 Å². The summed E-state index contributed by atoms with van der Waals surface area (Å²) in [5, 5.41) is 10.8. The highest BCUT2D eigenvalue weighted by atomic mass is 19.3. The fraction of sp³-hybridized carbons (Fsp3) is 0.368. The molecule has 22 heavy (non-hydrogen) atoms. The zero-order valence-corrected chi connectivity index (χ0v) is 12.7. The SMILES string of the molecule is CCCc1ccc(C2(O)CCc3ccccc3C2(F)F)cc1. The van der Waals surface area contributed by atoms with E-state index < -0.39 is 11.5 Å². The predicted molar refractivity (Wildman–Crippen MR) is 83.0 cm³/mol. The summed E-state index contributed by atoms with van der Waals surface area (Å²) in [6.45, 7) is 2.08. The Balaban J connectivity index is 2.02. The van der Waals surface area contributed by atoms with Crippen molar-refractivity contribution >= 4 is 0 Å². The Kier molecular flexibility index (Phi) is 3.77. The van der Waals surface area contributed by atoms with Crippen LogP contribution in [0.25, 0.3) is 0 Å². The van der Waals surface area contributed by atoms with Gasteiger partial charge in [0, 0.05) is 5.56 Å². The molecule has 0 spiro atoms. The molecule has 0 bridgehead atoms. The molecule has 1 atom stereocenters. The number of aliphatic hydroxyl groups is 1. The maximum Gasteiger partial charge on any atom is 0.305 e. The zero-order valence-electron chi connectivity index (χ0n) is 12.7. The smallest absolute Gasteiger partial charge is 0.305 e. The van der Waals surface area contributed by atoms with Crippen LogP contribution >= 0.6 is 0 Å². The van der Waals surface area contributed by atoms with Crippen LogP contribution in [0.5, 0.6) is 0 Å². The van der Waals surface area contributed by atoms with Gasteiger partial charge in [-0.25, -0.2) is 0 Å². The quantitative estimate of drug-likeness (QED) is 0.881. The first-order valence-corrected chi connectivity index (χ1v) is 7.77. The maximum atomic E-state index is 14.9. The Bertz CT molecular complexity index is 663. The maximum absolute atomic E-state index is 14.9. The summed E-state index contributed by atoms with van der Waals surface area (Å²) in [6, 6.07) is 13.5. The third-order valence-electron chi connectivity index (χ3n) is 4.60. The van der Waals surface area contributed by atoms with Gasteiger partial charge in [0.2, 0.25) is 0 Å². The minimum Gasteiger partial charge on any atom is -0.378 e. The van der Waals surface area contributed by atoms with Crippen molar-refractivity contribution in [1.29, 1.82) is 0 Å². The van der Waals surface area contributed by atoms with Crippen molar-refractivity contribution < 1.29 is 13.9 Å². The van der Waals surface area contributed by atoms with Crippen LogP contribution in [-0.4, -0.2) is 5.11 Å². The lowest BCUT2D eigenvalue weighted by molar-refractivity contribution is -0.205. The van der Waals surface area contributed by atoms with Gasteiger partial charge in [-0.15, -0.1) is 0 Å². The molecular weight excluding hydrogens is 282 g/mol. The van der Waals surface area contributed by atoms with Crippen molar-refractivity contribution in [2.75, 3.05) is 0 Å². The highest BCUT2D eigenvalue weighted by Crippen LogP contribution is 2.52. The van der Waals surface area contributed by atoms with E-state index >= 15 is 0 Å². The van der Waals surface area contributed by atoms with Crippen LogP contribution in [0.1, 0.15) is 42.0 Å². The summed E-state index contributed by atoms with van der Waals surface area (Å²) in [5.41, 5.74) is -0.158. The third-order valence-corrected chi connectivity index (χ3v) is 4.60. The molecule has 0 radical (unpaired) electrons. The Labute approximate surface area is 129 Å². The minimum absolute atomic E-state index is 0.0319. The van der Waals surface area contributed by atoms with Gasteiger partial charge in [0.15, 0.2) is 5.60 Å². The van der Waals surface area contributed by atoms with Crippen LogP contribution in [-0.2, 0) is 24.4 Å². The van der Waals surface area contributed by atoms with Gasteiger partial charge < -0.3 is 5.11 Å². The Morgan fingerprint density at radius 1 is 1.05 bits per heavy atom. The van der Waals surface area contributed by atoms with Crippen LogP contribution in [0.3, 0.4) is 0 Å². The third kappa shape index (κ3) is 2.24. The lowest BCUT2D eigenvalue weighted by Crippen LogP contribution is -2.47. The van der Waals surface area contributed by atoms with Gasteiger partial charge in [-0.3, -0.25) is 0 Å². The number of benzene rings is 2. The monoisotopic (exact) mass is 302 g/mol. The topological polar surface area (TPSA) is 20.2 Å². The molecule has 0 amide bonds. The van der Waals surface area contributed by atoms with Gasteiger partial charge in [-0.2, -0.15) is 8.78 Å². The van der Waals surface area contributed by atoms with Crippen LogP contribution in [0.15, 0.2) is 48.5 Å². The van der Waals surface area contributed by atoms with E-state index in [-0.39, 0.29) is 12.0 Å². The molecule has 0 aliphatic heterocycles. The second kappa shape index (κ2) is 5.47. The van der Waals surface area contributed by atoms with Crippen LogP contribution < -0.4 is 0 Å². The summed E-state index contributed by atoms with van der Waals surface area (Å²) in [4.78, 5) is 0. The molecule has 0 heterocycles. The highest BCUT2D eigenvalue weighted by Gasteiger charge is 2.57. The summed E-state index contributed by atoms with van der Waals surface area (Å²) in [5.74, 6) is -3.28. The first-order chi connectivity index (χ1) is 10.5. The summed E-state index contributed by atoms with van der Waals surface area (Å²) < 4.78 is 29.9. The molecule has 0 fully saturated rings. The molecule has 1 aliphatic rings. The Morgan fingerprint density at radius 2 is 1.73 bits per heavy atom. The molecule has 1 N–H and O–H groups in total. The normalized spacial score (nSPS) is 23.1. The van der Waals surface area contributed by atoms with Gasteiger partial charge in [0.05, 0.1) is 0 Å². The van der Waals surface area contributed by atoms with Crippen molar-refractivity contribution in [3.8, 4) is 0 Å². The number of hydrogen-bond acceptors (Lipinski definition) is 1. The second-order valence-corrected chi connectivity index (χ2v) is 6.04. The molecule has 116 valence electrons. The molecule has 2 aromatic carbocycles. The number of alkyl halides is 2. The molecule has 1 nitrogen and oxygen atoms in total. The lowest BCUT2D eigenvalue weighted by Gasteiger charge is -2.41. The van der Waals surface area contributed by atoms with Crippen molar-refractivity contribution in [3.05, 3.63) is 70.8 Å². The van der Waals surface area contributed by atoms with Gasteiger partial charge >= 0.3 is 5.92 Å². The van der Waals surface area contributed by atoms with E-state index in [4.69, 9.17) is 0 Å². The summed E-state index contributed by atoms with van der Waals surface area (Å²) in [7, 11) is 0. The summed E-state index contributed by atoms with van der Waals surface area (Å²) in [6.07, 6.45) is 2.41. The standard InChI is InChI=1S/C19H20F2O/c1-2-5-14-8-10-16(11-9-14)18(22)13-12-15-6-3-4-7-17(15)19(18,20)21/h3-4,6-11,22H,2,5,12-13H2,1H3. The van der Waals surface area contributed by atoms with Crippen molar-refractivity contribution in [3.63, 3.8) is 0 Å². The Morgan fingerprint density at radius 3 is 2.41 bits per heavy atom. The molecule has 0 aromatic heterocycles. The van der Waals surface area contributed by atoms with Crippen LogP contribution in [0.4, 0.5) is 8.78 Å². The highest BCUT2D eigenvalue weighted by molar-refractivity contribution is 5.41. The molecule has 3 rings (SSSR count). The predicted octanol–water partition coefficient (Wildman–Crippen LogP) is 4.56. The van der Waals surface area contributed by atoms with E-state index in [1.165, 1.54) is 6.07 Å². The zero-order chi connectivity index (χ0) is 15.8. The molecule has 3 heteroatoms. The van der Waals surface area contributed by atoms with Gasteiger partial charge in [-0.1, -0.05) is 61.9 Å². The molecule has 1 unspecified atom stereocenters. The molecular formula is C19H20F2O. The fourth-order valence-corrected chi connectivity index (χ4v) is 3.30. The Hall–Kier alpha value is -1.74. The first-order valence-electron chi connectivity index (χ1n) is 7.77. The average molecular weight is 302 g/mol. The number of aryl methyl sites for hydroxylation is 2. The van der Waals surface area contributed by atoms with E-state index in [1.54, 1.807) is 30.3 Å². The van der Waals surface area contributed by atoms with E-state index in [2.05, 4.69) is 6.92 Å². The molecule has 1 aliphatic carbocycles. The van der Waals surface area contributed by atoms with Crippen LogP contribution in [0, 0.1) is 0 Å². The van der Waals surface area contributed by atoms with Gasteiger partial charge in [0.1, 0.15) is 0 Å². The van der Waals surface area contributed by atoms with Crippen molar-refractivity contribution in [2.24, 2.45) is 0 Å². The molecule has 0 saturated carbocycles. The number of halogens is 2. The minimum atomic E-state index is -3.28. The van der Waals surface area contributed by atoms with E-state index in [0.29, 0.717) is 17.5 Å². The van der Waals surface area contributed by atoms with Crippen LogP contribution in [0.2, 0.25) is 0 Å². The van der Waals surface area contributed by atoms with Crippen molar-refractivity contribution in [1.82, 2.24) is 0 Å². The van der Waals surface area contributed by atoms with E-state index in [0.717, 1.165) is 18.4 Å². The fourth-order valence-electron chi connectivity index (χ4n) is 3.30. The molecule has 2 aromatic rings. The number of rotatable bonds is 3. The largest absolute Gasteiger partial charge is 0.378 e. The van der Waals surface area contributed by atoms with Gasteiger partial charge in [0.25, 0.3) is 0 Å². The number of hydrogen-bond donors (Lipinski definition) is 1. The van der Waals surface area contributed by atoms with E-state index in [9.17, 15) is 13.9 Å². The number of fused-ring (bicyclic) bond motifs is 1.